The second-order valence-corrected chi connectivity index (χ2v) is 6.96. The molecule has 1 aliphatic rings. The molecule has 28 heavy (non-hydrogen) atoms. The Labute approximate surface area is 160 Å². The number of carboxylic acid groups (broad SMARTS) is 1. The number of aromatic carboxylic acids is 1. The van der Waals surface area contributed by atoms with E-state index in [-0.39, 0.29) is 35.2 Å². The summed E-state index contributed by atoms with van der Waals surface area (Å²) in [5.74, 6) is -0.431. The minimum absolute atomic E-state index is 0.00685. The third-order valence-electron chi connectivity index (χ3n) is 4.83. The number of carbonyl (C=O) groups is 1. The van der Waals surface area contributed by atoms with Gasteiger partial charge in [0, 0.05) is 17.8 Å². The van der Waals surface area contributed by atoms with Crippen molar-refractivity contribution in [1.29, 1.82) is 0 Å². The highest BCUT2D eigenvalue weighted by molar-refractivity contribution is 5.94. The average Bonchev–Trinajstić information content (AvgIpc) is 3.05. The fourth-order valence-corrected chi connectivity index (χ4v) is 3.25. The van der Waals surface area contributed by atoms with E-state index in [2.05, 4.69) is 15.4 Å². The third kappa shape index (κ3) is 3.48. The first-order valence-electron chi connectivity index (χ1n) is 8.96. The van der Waals surface area contributed by atoms with Crippen LogP contribution in [0, 0.1) is 5.82 Å². The van der Waals surface area contributed by atoms with Gasteiger partial charge in [-0.2, -0.15) is 5.10 Å². The van der Waals surface area contributed by atoms with Crippen LogP contribution in [0.15, 0.2) is 36.7 Å². The number of nitrogens with two attached hydrogens (primary N) is 1. The van der Waals surface area contributed by atoms with Crippen LogP contribution in [0.1, 0.15) is 41.7 Å². The van der Waals surface area contributed by atoms with E-state index in [9.17, 15) is 14.3 Å². The summed E-state index contributed by atoms with van der Waals surface area (Å²) in [4.78, 5) is 15.6. The Balaban J connectivity index is 1.58. The van der Waals surface area contributed by atoms with Crippen LogP contribution in [0.3, 0.4) is 0 Å². The Kier molecular flexibility index (Phi) is 4.60. The molecule has 2 heterocycles. The number of nitrogens with one attached hydrogen (secondary N) is 1. The molecule has 2 aromatic heterocycles. The maximum Gasteiger partial charge on any atom is 0.341 e. The second kappa shape index (κ2) is 7.08. The van der Waals surface area contributed by atoms with Crippen LogP contribution in [0.25, 0.3) is 5.65 Å². The number of benzene rings is 1. The quantitative estimate of drug-likeness (QED) is 0.597. The van der Waals surface area contributed by atoms with Gasteiger partial charge in [0.15, 0.2) is 5.65 Å². The maximum absolute atomic E-state index is 13.9. The van der Waals surface area contributed by atoms with E-state index in [1.807, 2.05) is 6.92 Å². The molecule has 4 N–H and O–H groups in total. The largest absolute Gasteiger partial charge is 0.490 e. The van der Waals surface area contributed by atoms with Crippen molar-refractivity contribution in [3.05, 3.63) is 53.6 Å². The molecule has 1 aliphatic carbocycles. The molecular formula is C19H20FN5O3. The van der Waals surface area contributed by atoms with E-state index in [4.69, 9.17) is 10.5 Å². The Morgan fingerprint density at radius 2 is 2.21 bits per heavy atom. The highest BCUT2D eigenvalue weighted by atomic mass is 19.1. The Morgan fingerprint density at radius 3 is 2.93 bits per heavy atom. The molecule has 9 heteroatoms. The van der Waals surface area contributed by atoms with Crippen LogP contribution in [0.5, 0.6) is 5.75 Å². The molecule has 0 aliphatic heterocycles. The summed E-state index contributed by atoms with van der Waals surface area (Å²) < 4.78 is 21.2. The summed E-state index contributed by atoms with van der Waals surface area (Å²) in [7, 11) is 0. The van der Waals surface area contributed by atoms with Crippen LogP contribution < -0.4 is 15.8 Å². The smallest absolute Gasteiger partial charge is 0.341 e. The molecule has 1 atom stereocenters. The van der Waals surface area contributed by atoms with Crippen LogP contribution in [0.4, 0.5) is 10.2 Å². The maximum atomic E-state index is 13.9. The average molecular weight is 385 g/mol. The van der Waals surface area contributed by atoms with Crippen LogP contribution in [0.2, 0.25) is 0 Å². The van der Waals surface area contributed by atoms with Crippen LogP contribution in [-0.4, -0.2) is 37.8 Å². The fraction of sp³-hybridized carbons (Fsp3) is 0.316. The topological polar surface area (TPSA) is 115 Å². The molecule has 4 rings (SSSR count). The first-order chi connectivity index (χ1) is 13.4. The van der Waals surface area contributed by atoms with Gasteiger partial charge < -0.3 is 20.9 Å². The van der Waals surface area contributed by atoms with E-state index < -0.39 is 5.97 Å². The number of anilines is 1. The van der Waals surface area contributed by atoms with E-state index in [1.54, 1.807) is 18.3 Å². The number of hydrogen-bond donors (Lipinski definition) is 3. The summed E-state index contributed by atoms with van der Waals surface area (Å²) >= 11 is 0. The molecular weight excluding hydrogens is 365 g/mol. The fourth-order valence-electron chi connectivity index (χ4n) is 3.25. The van der Waals surface area contributed by atoms with Gasteiger partial charge in [-0.1, -0.05) is 0 Å². The van der Waals surface area contributed by atoms with Crippen molar-refractivity contribution in [1.82, 2.24) is 14.6 Å². The minimum atomic E-state index is -1.10. The Bertz CT molecular complexity index is 1030. The van der Waals surface area contributed by atoms with Crippen molar-refractivity contribution in [2.75, 3.05) is 5.32 Å². The normalized spacial score (nSPS) is 19.8. The summed E-state index contributed by atoms with van der Waals surface area (Å²) in [5, 5.41) is 16.4. The molecule has 8 nitrogen and oxygen atoms in total. The van der Waals surface area contributed by atoms with Gasteiger partial charge in [-0.05, 0) is 44.0 Å². The number of fused-ring (bicyclic) bond motifs is 1. The third-order valence-corrected chi connectivity index (χ3v) is 4.83. The van der Waals surface area contributed by atoms with Gasteiger partial charge >= 0.3 is 5.97 Å². The number of hydrogen-bond acceptors (Lipinski definition) is 6. The molecule has 1 saturated carbocycles. The minimum Gasteiger partial charge on any atom is -0.490 e. The monoisotopic (exact) mass is 385 g/mol. The number of halogens is 1. The molecule has 0 bridgehead atoms. The van der Waals surface area contributed by atoms with E-state index in [1.165, 1.54) is 22.8 Å². The number of carboxylic acids is 1. The van der Waals surface area contributed by atoms with E-state index in [0.717, 1.165) is 12.8 Å². The van der Waals surface area contributed by atoms with Gasteiger partial charge in [0.25, 0.3) is 0 Å². The molecule has 146 valence electrons. The van der Waals surface area contributed by atoms with E-state index >= 15 is 0 Å². The molecule has 3 aromatic rings. The first-order valence-corrected chi connectivity index (χ1v) is 8.96. The first kappa shape index (κ1) is 18.2. The van der Waals surface area contributed by atoms with Crippen molar-refractivity contribution < 1.29 is 19.0 Å². The highest BCUT2D eigenvalue weighted by Crippen LogP contribution is 2.32. The zero-order valence-corrected chi connectivity index (χ0v) is 15.2. The summed E-state index contributed by atoms with van der Waals surface area (Å²) in [6, 6.07) is 5.89. The molecule has 0 amide bonds. The van der Waals surface area contributed by atoms with Crippen molar-refractivity contribution in [2.45, 2.75) is 38.0 Å². The Hall–Kier alpha value is -3.20. The van der Waals surface area contributed by atoms with Crippen molar-refractivity contribution >= 4 is 17.4 Å². The number of aromatic nitrogens is 3. The lowest BCUT2D eigenvalue weighted by atomic mass is 9.90. The van der Waals surface area contributed by atoms with Crippen molar-refractivity contribution in [2.24, 2.45) is 5.73 Å². The van der Waals surface area contributed by atoms with Gasteiger partial charge in [0.2, 0.25) is 0 Å². The van der Waals surface area contributed by atoms with E-state index in [0.29, 0.717) is 17.1 Å². The number of rotatable bonds is 6. The second-order valence-electron chi connectivity index (χ2n) is 6.96. The van der Waals surface area contributed by atoms with Gasteiger partial charge in [-0.3, -0.25) is 0 Å². The highest BCUT2D eigenvalue weighted by Gasteiger charge is 2.29. The zero-order valence-electron chi connectivity index (χ0n) is 15.2. The molecule has 1 fully saturated rings. The van der Waals surface area contributed by atoms with Gasteiger partial charge in [0.1, 0.15) is 29.1 Å². The van der Waals surface area contributed by atoms with Gasteiger partial charge in [-0.25, -0.2) is 18.7 Å². The van der Waals surface area contributed by atoms with Crippen LogP contribution in [-0.2, 0) is 0 Å². The molecule has 0 spiro atoms. The van der Waals surface area contributed by atoms with Crippen molar-refractivity contribution in [3.8, 4) is 5.75 Å². The van der Waals surface area contributed by atoms with Gasteiger partial charge in [-0.15, -0.1) is 0 Å². The number of nitrogens with zero attached hydrogens (tertiary/aromatic N) is 3. The lowest BCUT2D eigenvalue weighted by molar-refractivity contribution is 0.0698. The number of ether oxygens (including phenoxy) is 1. The molecule has 1 aromatic carbocycles. The Morgan fingerprint density at radius 1 is 1.43 bits per heavy atom. The summed E-state index contributed by atoms with van der Waals surface area (Å²) in [6.45, 7) is 1.86. The SMILES string of the molecule is C[C@@H](Nc1ccn2ncc(C(=O)O)c2n1)c1cc(F)ccc1OC1CC(N)C1. The van der Waals surface area contributed by atoms with Crippen LogP contribution >= 0.6 is 0 Å². The summed E-state index contributed by atoms with van der Waals surface area (Å²) in [6.07, 6.45) is 4.44. The lowest BCUT2D eigenvalue weighted by Crippen LogP contribution is -2.43. The predicted octanol–water partition coefficient (Wildman–Crippen LogP) is 2.61. The summed E-state index contributed by atoms with van der Waals surface area (Å²) in [5.41, 5.74) is 6.69. The molecule has 0 radical (unpaired) electrons. The predicted molar refractivity (Wildman–Crippen MR) is 100 cm³/mol. The standard InChI is InChI=1S/C19H20FN5O3/c1-10(14-6-11(20)2-3-16(14)28-13-7-12(21)8-13)23-17-4-5-25-18(24-17)15(9-22-25)19(26)27/h2-6,9-10,12-13H,7-8,21H2,1H3,(H,23,24)(H,26,27)/t10-,12?,13?/m1/s1. The molecule has 0 unspecified atom stereocenters. The van der Waals surface area contributed by atoms with Crippen molar-refractivity contribution in [3.63, 3.8) is 0 Å². The lowest BCUT2D eigenvalue weighted by Gasteiger charge is -2.33. The van der Waals surface area contributed by atoms with Gasteiger partial charge in [0.05, 0.1) is 12.2 Å². The zero-order chi connectivity index (χ0) is 19.8. The molecule has 0 saturated heterocycles.